The number of anilines is 1. The predicted molar refractivity (Wildman–Crippen MR) is 129 cm³/mol. The largest absolute Gasteiger partial charge is 0.508 e. The van der Waals surface area contributed by atoms with E-state index >= 15 is 0 Å². The number of benzene rings is 3. The third-order valence-electron chi connectivity index (χ3n) is 5.56. The van der Waals surface area contributed by atoms with Gasteiger partial charge in [0.2, 0.25) is 0 Å². The van der Waals surface area contributed by atoms with Crippen LogP contribution in [0.5, 0.6) is 5.75 Å². The zero-order chi connectivity index (χ0) is 24.4. The van der Waals surface area contributed by atoms with Crippen LogP contribution in [0.3, 0.4) is 0 Å². The van der Waals surface area contributed by atoms with Gasteiger partial charge < -0.3 is 14.9 Å². The molecular weight excluding hydrogens is 502 g/mol. The lowest BCUT2D eigenvalue weighted by Gasteiger charge is -2.25. The molecule has 8 heteroatoms. The summed E-state index contributed by atoms with van der Waals surface area (Å²) in [5, 5.41) is 20.8. The van der Waals surface area contributed by atoms with E-state index in [0.29, 0.717) is 22.4 Å². The number of nitrogens with zero attached hydrogens (tertiary/aromatic N) is 1. The molecule has 172 valence electrons. The molecule has 2 N–H and O–H groups in total. The first-order valence-electron chi connectivity index (χ1n) is 10.3. The summed E-state index contributed by atoms with van der Waals surface area (Å²) < 4.78 is 5.48. The van der Waals surface area contributed by atoms with Gasteiger partial charge in [-0.05, 0) is 47.5 Å². The minimum absolute atomic E-state index is 0.0285. The number of halogens is 1. The van der Waals surface area contributed by atoms with Crippen LogP contribution in [-0.2, 0) is 25.5 Å². The van der Waals surface area contributed by atoms with Crippen LogP contribution < -0.4 is 4.90 Å². The maximum atomic E-state index is 13.2. The third-order valence-corrected chi connectivity index (χ3v) is 6.09. The molecule has 1 heterocycles. The summed E-state index contributed by atoms with van der Waals surface area (Å²) >= 11 is 3.34. The van der Waals surface area contributed by atoms with Crippen molar-refractivity contribution in [3.05, 3.63) is 99.5 Å². The second kappa shape index (κ2) is 9.52. The Kier molecular flexibility index (Phi) is 6.51. The number of phenols is 1. The number of hydrogen-bond donors (Lipinski definition) is 2. The van der Waals surface area contributed by atoms with Gasteiger partial charge in [-0.2, -0.15) is 0 Å². The normalized spacial score (nSPS) is 17.1. The number of aromatic hydroxyl groups is 1. The van der Waals surface area contributed by atoms with Crippen molar-refractivity contribution in [2.75, 3.05) is 12.0 Å². The molecule has 0 saturated carbocycles. The zero-order valence-corrected chi connectivity index (χ0v) is 19.7. The molecule has 1 unspecified atom stereocenters. The Morgan fingerprint density at radius 2 is 1.59 bits per heavy atom. The fourth-order valence-electron chi connectivity index (χ4n) is 3.85. The SMILES string of the molecule is COC(=O)Cc1ccc(N2C(=O)C(=O)/C(=C(/O)c3ccc(Br)cc3)C2c2ccc(O)cc2)cc1. The molecule has 1 saturated heterocycles. The Hall–Kier alpha value is -3.91. The smallest absolute Gasteiger partial charge is 0.309 e. The van der Waals surface area contributed by atoms with Crippen LogP contribution in [0.25, 0.3) is 5.76 Å². The van der Waals surface area contributed by atoms with Crippen molar-refractivity contribution in [2.45, 2.75) is 12.5 Å². The van der Waals surface area contributed by atoms with Gasteiger partial charge in [-0.15, -0.1) is 0 Å². The van der Waals surface area contributed by atoms with Gasteiger partial charge in [0.15, 0.2) is 0 Å². The summed E-state index contributed by atoms with van der Waals surface area (Å²) in [5.41, 5.74) is 1.97. The van der Waals surface area contributed by atoms with E-state index in [1.807, 2.05) is 0 Å². The van der Waals surface area contributed by atoms with Gasteiger partial charge >= 0.3 is 5.97 Å². The standard InChI is InChI=1S/C26H20BrNO6/c1-34-21(30)14-15-2-10-19(11-3-15)28-23(16-6-12-20(29)13-7-16)22(25(32)26(28)33)24(31)17-4-8-18(27)9-5-17/h2-13,23,29,31H,14H2,1H3/b24-22+. The highest BCUT2D eigenvalue weighted by Crippen LogP contribution is 2.42. The quantitative estimate of drug-likeness (QED) is 0.222. The van der Waals surface area contributed by atoms with Crippen molar-refractivity contribution in [2.24, 2.45) is 0 Å². The van der Waals surface area contributed by atoms with Crippen LogP contribution in [0.4, 0.5) is 5.69 Å². The second-order valence-corrected chi connectivity index (χ2v) is 8.60. The van der Waals surface area contributed by atoms with E-state index in [1.165, 1.54) is 24.1 Å². The average molecular weight is 522 g/mol. The fourth-order valence-corrected chi connectivity index (χ4v) is 4.11. The van der Waals surface area contributed by atoms with Gasteiger partial charge in [-0.25, -0.2) is 0 Å². The minimum atomic E-state index is -0.921. The van der Waals surface area contributed by atoms with E-state index in [2.05, 4.69) is 20.7 Å². The first-order valence-corrected chi connectivity index (χ1v) is 11.1. The fraction of sp³-hybridized carbons (Fsp3) is 0.115. The molecule has 1 amide bonds. The molecular formula is C26H20BrNO6. The highest BCUT2D eigenvalue weighted by Gasteiger charge is 2.46. The van der Waals surface area contributed by atoms with E-state index in [-0.39, 0.29) is 23.5 Å². The first kappa shape index (κ1) is 23.3. The van der Waals surface area contributed by atoms with Crippen LogP contribution >= 0.6 is 15.9 Å². The van der Waals surface area contributed by atoms with Gasteiger partial charge in [0.05, 0.1) is 25.1 Å². The molecule has 0 radical (unpaired) electrons. The molecule has 7 nitrogen and oxygen atoms in total. The van der Waals surface area contributed by atoms with E-state index < -0.39 is 23.7 Å². The monoisotopic (exact) mass is 521 g/mol. The number of ketones is 1. The highest BCUT2D eigenvalue weighted by atomic mass is 79.9. The molecule has 3 aromatic rings. The number of phenolic OH excluding ortho intramolecular Hbond substituents is 1. The molecule has 0 bridgehead atoms. The van der Waals surface area contributed by atoms with E-state index in [4.69, 9.17) is 0 Å². The molecule has 1 aliphatic rings. The first-order chi connectivity index (χ1) is 16.3. The van der Waals surface area contributed by atoms with Crippen molar-refractivity contribution in [3.8, 4) is 5.75 Å². The summed E-state index contributed by atoms with van der Waals surface area (Å²) in [5.74, 6) is -2.28. The van der Waals surface area contributed by atoms with Crippen molar-refractivity contribution in [1.29, 1.82) is 0 Å². The van der Waals surface area contributed by atoms with Crippen molar-refractivity contribution >= 4 is 45.0 Å². The summed E-state index contributed by atoms with van der Waals surface area (Å²) in [6.45, 7) is 0. The van der Waals surface area contributed by atoms with Gasteiger partial charge in [0.1, 0.15) is 11.5 Å². The number of esters is 1. The summed E-state index contributed by atoms with van der Waals surface area (Å²) in [7, 11) is 1.30. The molecule has 1 fully saturated rings. The number of aliphatic hydroxyl groups excluding tert-OH is 1. The maximum Gasteiger partial charge on any atom is 0.309 e. The second-order valence-electron chi connectivity index (χ2n) is 7.69. The molecule has 0 aliphatic carbocycles. The predicted octanol–water partition coefficient (Wildman–Crippen LogP) is 4.50. The highest BCUT2D eigenvalue weighted by molar-refractivity contribution is 9.10. The average Bonchev–Trinajstić information content (AvgIpc) is 3.10. The van der Waals surface area contributed by atoms with Crippen LogP contribution in [0.1, 0.15) is 22.7 Å². The van der Waals surface area contributed by atoms with Crippen molar-refractivity contribution in [1.82, 2.24) is 0 Å². The van der Waals surface area contributed by atoms with Crippen molar-refractivity contribution in [3.63, 3.8) is 0 Å². The van der Waals surface area contributed by atoms with Gasteiger partial charge in [0.25, 0.3) is 11.7 Å². The molecule has 1 aliphatic heterocycles. The number of rotatable bonds is 5. The zero-order valence-electron chi connectivity index (χ0n) is 18.1. The molecule has 1 atom stereocenters. The van der Waals surface area contributed by atoms with Gasteiger partial charge in [0, 0.05) is 15.7 Å². The Morgan fingerprint density at radius 3 is 2.18 bits per heavy atom. The number of Topliss-reactive ketones (excluding diaryl/α,β-unsaturated/α-hetero) is 1. The van der Waals surface area contributed by atoms with Crippen LogP contribution in [0.15, 0.2) is 82.8 Å². The van der Waals surface area contributed by atoms with Gasteiger partial charge in [-0.1, -0.05) is 52.3 Å². The molecule has 4 rings (SSSR count). The van der Waals surface area contributed by atoms with E-state index in [0.717, 1.165) is 4.47 Å². The Labute approximate surface area is 204 Å². The minimum Gasteiger partial charge on any atom is -0.508 e. The Balaban J connectivity index is 1.84. The Bertz CT molecular complexity index is 1280. The lowest BCUT2D eigenvalue weighted by Crippen LogP contribution is -2.29. The van der Waals surface area contributed by atoms with E-state index in [9.17, 15) is 24.6 Å². The van der Waals surface area contributed by atoms with E-state index in [1.54, 1.807) is 60.7 Å². The molecule has 0 aromatic heterocycles. The number of hydrogen-bond acceptors (Lipinski definition) is 6. The lowest BCUT2D eigenvalue weighted by atomic mass is 9.95. The maximum absolute atomic E-state index is 13.2. The third kappa shape index (κ3) is 4.45. The number of amides is 1. The summed E-state index contributed by atoms with van der Waals surface area (Å²) in [4.78, 5) is 39.2. The van der Waals surface area contributed by atoms with Gasteiger partial charge in [-0.3, -0.25) is 19.3 Å². The molecule has 3 aromatic carbocycles. The number of methoxy groups -OCH3 is 1. The van der Waals surface area contributed by atoms with Crippen LogP contribution in [-0.4, -0.2) is 35.0 Å². The number of carbonyl (C=O) groups excluding carboxylic acids is 3. The number of ether oxygens (including phenoxy) is 1. The van der Waals surface area contributed by atoms with Crippen LogP contribution in [0, 0.1) is 0 Å². The molecule has 0 spiro atoms. The van der Waals surface area contributed by atoms with Crippen molar-refractivity contribution < 1.29 is 29.3 Å². The topological polar surface area (TPSA) is 104 Å². The number of carbonyl (C=O) groups is 3. The number of aliphatic hydroxyl groups is 1. The van der Waals surface area contributed by atoms with Crippen LogP contribution in [0.2, 0.25) is 0 Å². The lowest BCUT2D eigenvalue weighted by molar-refractivity contribution is -0.139. The summed E-state index contributed by atoms with van der Waals surface area (Å²) in [6, 6.07) is 18.5. The molecule has 34 heavy (non-hydrogen) atoms. The summed E-state index contributed by atoms with van der Waals surface area (Å²) in [6.07, 6.45) is 0.0700. The Morgan fingerprint density at radius 1 is 0.971 bits per heavy atom.